The van der Waals surface area contributed by atoms with Crippen LogP contribution >= 0.6 is 0 Å². The number of phenolic OH excluding ortho intramolecular Hbond substituents is 2. The number of ether oxygens (including phenoxy) is 1. The van der Waals surface area contributed by atoms with Gasteiger partial charge in [0.05, 0.1) is 12.2 Å². The van der Waals surface area contributed by atoms with E-state index in [2.05, 4.69) is 74.4 Å². The molecule has 3 rings (SSSR count). The van der Waals surface area contributed by atoms with Crippen molar-refractivity contribution >= 4 is 11.9 Å². The fourth-order valence-electron chi connectivity index (χ4n) is 6.81. The molecule has 56 heavy (non-hydrogen) atoms. The zero-order valence-electron chi connectivity index (χ0n) is 37.8. The second-order valence-electron chi connectivity index (χ2n) is 21.0. The third kappa shape index (κ3) is 15.3. The molecule has 6 nitrogen and oxygen atoms in total. The Kier molecular flexibility index (Phi) is 16.9. The summed E-state index contributed by atoms with van der Waals surface area (Å²) in [6.45, 7) is 32.3. The number of esters is 1. The van der Waals surface area contributed by atoms with Gasteiger partial charge in [-0.05, 0) is 92.4 Å². The van der Waals surface area contributed by atoms with Crippen LogP contribution in [0.25, 0.3) is 11.1 Å². The summed E-state index contributed by atoms with van der Waals surface area (Å²) in [4.78, 5) is 23.8. The minimum absolute atomic E-state index is 0.127. The second-order valence-corrected chi connectivity index (χ2v) is 21.0. The van der Waals surface area contributed by atoms with E-state index < -0.39 is 5.97 Å². The van der Waals surface area contributed by atoms with E-state index in [0.717, 1.165) is 46.2 Å². The lowest BCUT2D eigenvalue weighted by Gasteiger charge is -2.28. The monoisotopic (exact) mass is 773 g/mol. The van der Waals surface area contributed by atoms with Crippen LogP contribution in [0.2, 0.25) is 0 Å². The number of benzene rings is 3. The molecule has 3 N–H and O–H groups in total. The quantitative estimate of drug-likeness (QED) is 0.118. The number of hydrogen-bond acceptors (Lipinski definition) is 5. The molecule has 0 aliphatic carbocycles. The third-order valence-corrected chi connectivity index (χ3v) is 10.2. The molecule has 6 heteroatoms. The average molecular weight is 773 g/mol. The Hall–Kier alpha value is -3.80. The Morgan fingerprint density at radius 3 is 1.41 bits per heavy atom. The third-order valence-electron chi connectivity index (χ3n) is 10.2. The number of carbonyl (C=O) groups is 2. The fourth-order valence-corrected chi connectivity index (χ4v) is 6.81. The molecular formula is C50H76O6. The summed E-state index contributed by atoms with van der Waals surface area (Å²) in [6, 6.07) is 14.9. The molecule has 0 aliphatic rings. The standard InChI is InChI=1S/C29H50O3.C21H26O3/c1-27(2,3)18-14-12-10-11-13-15-19-32-25(30)17-16-22-20-23(28(4,5)6)26(31)24(21-22)29(7,8)9;1-20(2,3)16-11-13(12-17(18(16)22)21(4,5)6)14-9-7-8-10-15(14)19(23)24/h20-21,31H,10-19H2,1-9H3;7-12,22H,1-6H3,(H,23,24). The topological polar surface area (TPSA) is 104 Å². The van der Waals surface area contributed by atoms with Crippen LogP contribution < -0.4 is 0 Å². The minimum Gasteiger partial charge on any atom is -0.507 e. The van der Waals surface area contributed by atoms with Crippen molar-refractivity contribution in [2.75, 3.05) is 6.61 Å². The van der Waals surface area contributed by atoms with Gasteiger partial charge >= 0.3 is 11.9 Å². The maximum Gasteiger partial charge on any atom is 0.336 e. The van der Waals surface area contributed by atoms with E-state index in [-0.39, 0.29) is 33.2 Å². The van der Waals surface area contributed by atoms with E-state index >= 15 is 0 Å². The second kappa shape index (κ2) is 19.6. The van der Waals surface area contributed by atoms with Gasteiger partial charge in [-0.15, -0.1) is 0 Å². The van der Waals surface area contributed by atoms with Gasteiger partial charge in [-0.3, -0.25) is 4.79 Å². The molecule has 0 aliphatic heterocycles. The first-order chi connectivity index (χ1) is 25.5. The fraction of sp³-hybridized carbons (Fsp3) is 0.600. The number of hydrogen-bond donors (Lipinski definition) is 3. The molecule has 0 saturated heterocycles. The lowest BCUT2D eigenvalue weighted by atomic mass is 9.77. The van der Waals surface area contributed by atoms with Crippen molar-refractivity contribution in [1.29, 1.82) is 0 Å². The average Bonchev–Trinajstić information content (AvgIpc) is 3.04. The molecule has 312 valence electrons. The molecule has 0 heterocycles. The number of aryl methyl sites for hydroxylation is 1. The number of carboxylic acids is 1. The highest BCUT2D eigenvalue weighted by atomic mass is 16.5. The van der Waals surface area contributed by atoms with Crippen molar-refractivity contribution in [2.24, 2.45) is 5.41 Å². The number of unbranched alkanes of at least 4 members (excludes halogenated alkanes) is 5. The van der Waals surface area contributed by atoms with Crippen molar-refractivity contribution in [3.05, 3.63) is 81.9 Å². The molecule has 0 radical (unpaired) electrons. The van der Waals surface area contributed by atoms with Gasteiger partial charge in [-0.1, -0.05) is 166 Å². The van der Waals surface area contributed by atoms with E-state index in [0.29, 0.717) is 41.9 Å². The predicted octanol–water partition coefficient (Wildman–Crippen LogP) is 13.6. The highest BCUT2D eigenvalue weighted by Crippen LogP contribution is 2.43. The number of phenols is 2. The van der Waals surface area contributed by atoms with Crippen LogP contribution in [0.5, 0.6) is 11.5 Å². The number of aromatic carboxylic acids is 1. The SMILES string of the molecule is CC(C)(C)CCCCCCCCOC(=O)CCc1cc(C(C)(C)C)c(O)c(C(C)(C)C)c1.CC(C)(C)c1cc(-c2ccccc2C(=O)O)cc(C(C)(C)C)c1O. The van der Waals surface area contributed by atoms with Crippen molar-refractivity contribution in [3.8, 4) is 22.6 Å². The van der Waals surface area contributed by atoms with Gasteiger partial charge in [-0.2, -0.15) is 0 Å². The molecule has 0 spiro atoms. The zero-order chi connectivity index (χ0) is 42.9. The highest BCUT2D eigenvalue weighted by molar-refractivity contribution is 5.96. The highest BCUT2D eigenvalue weighted by Gasteiger charge is 2.28. The molecule has 0 aromatic heterocycles. The zero-order valence-corrected chi connectivity index (χ0v) is 37.8. The van der Waals surface area contributed by atoms with Crippen molar-refractivity contribution in [3.63, 3.8) is 0 Å². The first-order valence-corrected chi connectivity index (χ1v) is 20.8. The Labute approximate surface area is 340 Å². The smallest absolute Gasteiger partial charge is 0.336 e. The normalized spacial score (nSPS) is 12.6. The Bertz CT molecular complexity index is 1680. The molecular weight excluding hydrogens is 697 g/mol. The Morgan fingerprint density at radius 2 is 0.982 bits per heavy atom. The Balaban J connectivity index is 0.000000402. The summed E-state index contributed by atoms with van der Waals surface area (Å²) in [5, 5.41) is 31.1. The van der Waals surface area contributed by atoms with Crippen molar-refractivity contribution in [2.45, 2.75) is 183 Å². The molecule has 0 saturated carbocycles. The lowest BCUT2D eigenvalue weighted by Crippen LogP contribution is -2.18. The van der Waals surface area contributed by atoms with Gasteiger partial charge in [-0.25, -0.2) is 4.79 Å². The molecule has 0 unspecified atom stereocenters. The largest absolute Gasteiger partial charge is 0.507 e. The Morgan fingerprint density at radius 1 is 0.571 bits per heavy atom. The first-order valence-electron chi connectivity index (χ1n) is 20.8. The van der Waals surface area contributed by atoms with E-state index in [9.17, 15) is 24.9 Å². The molecule has 0 amide bonds. The van der Waals surface area contributed by atoms with Gasteiger partial charge in [0.2, 0.25) is 0 Å². The molecule has 0 fully saturated rings. The molecule has 0 bridgehead atoms. The number of aromatic hydroxyl groups is 2. The first kappa shape index (κ1) is 48.3. The van der Waals surface area contributed by atoms with E-state index in [1.54, 1.807) is 12.1 Å². The summed E-state index contributed by atoms with van der Waals surface area (Å²) < 4.78 is 5.47. The number of carbonyl (C=O) groups excluding carboxylic acids is 1. The lowest BCUT2D eigenvalue weighted by molar-refractivity contribution is -0.143. The van der Waals surface area contributed by atoms with Crippen LogP contribution in [-0.2, 0) is 37.6 Å². The van der Waals surface area contributed by atoms with Gasteiger partial charge in [0.15, 0.2) is 0 Å². The number of rotatable bonds is 13. The van der Waals surface area contributed by atoms with Crippen molar-refractivity contribution in [1.82, 2.24) is 0 Å². The van der Waals surface area contributed by atoms with Crippen LogP contribution in [-0.4, -0.2) is 33.9 Å². The number of carboxylic acid groups (broad SMARTS) is 1. The summed E-state index contributed by atoms with van der Waals surface area (Å²) in [6.07, 6.45) is 9.50. The predicted molar refractivity (Wildman–Crippen MR) is 234 cm³/mol. The van der Waals surface area contributed by atoms with Gasteiger partial charge < -0.3 is 20.1 Å². The van der Waals surface area contributed by atoms with Crippen molar-refractivity contribution < 1.29 is 29.6 Å². The van der Waals surface area contributed by atoms with E-state index in [1.807, 2.05) is 65.8 Å². The van der Waals surface area contributed by atoms with Gasteiger partial charge in [0, 0.05) is 17.5 Å². The molecule has 3 aromatic rings. The summed E-state index contributed by atoms with van der Waals surface area (Å²) >= 11 is 0. The van der Waals surface area contributed by atoms with E-state index in [1.165, 1.54) is 32.1 Å². The van der Waals surface area contributed by atoms with E-state index in [4.69, 9.17) is 4.74 Å². The van der Waals surface area contributed by atoms with Gasteiger partial charge in [0.25, 0.3) is 0 Å². The minimum atomic E-state index is -0.951. The van der Waals surface area contributed by atoms with Crippen LogP contribution in [0.4, 0.5) is 0 Å². The summed E-state index contributed by atoms with van der Waals surface area (Å²) in [5.74, 6) is -0.396. The molecule has 0 atom stereocenters. The maximum atomic E-state index is 12.2. The maximum absolute atomic E-state index is 12.2. The van der Waals surface area contributed by atoms with Crippen LogP contribution in [0.15, 0.2) is 48.5 Å². The summed E-state index contributed by atoms with van der Waals surface area (Å²) in [7, 11) is 0. The molecule has 3 aromatic carbocycles. The van der Waals surface area contributed by atoms with Gasteiger partial charge in [0.1, 0.15) is 11.5 Å². The van der Waals surface area contributed by atoms with Crippen LogP contribution in [0, 0.1) is 5.41 Å². The van der Waals surface area contributed by atoms with Crippen LogP contribution in [0.3, 0.4) is 0 Å². The van der Waals surface area contributed by atoms with Crippen LogP contribution in [0.1, 0.15) is 193 Å². The summed E-state index contributed by atoms with van der Waals surface area (Å²) in [5.41, 5.74) is 5.99.